The minimum absolute atomic E-state index is 0.193. The third-order valence-electron chi connectivity index (χ3n) is 2.74. The van der Waals surface area contributed by atoms with Gasteiger partial charge in [-0.3, -0.25) is 4.72 Å². The molecule has 1 atom stereocenters. The molecule has 0 aromatic heterocycles. The normalized spacial score (nSPS) is 18.7. The molecule has 0 spiro atoms. The summed E-state index contributed by atoms with van der Waals surface area (Å²) in [5, 5.41) is 3.27. The van der Waals surface area contributed by atoms with E-state index in [4.69, 9.17) is 4.74 Å². The Balaban J connectivity index is 1.86. The Kier molecular flexibility index (Phi) is 4.31. The molecule has 5 nitrogen and oxygen atoms in total. The topological polar surface area (TPSA) is 67.4 Å². The first-order valence-corrected chi connectivity index (χ1v) is 8.04. The van der Waals surface area contributed by atoms with Gasteiger partial charge in [0.05, 0.1) is 19.1 Å². The van der Waals surface area contributed by atoms with Crippen LogP contribution in [0.1, 0.15) is 12.8 Å². The summed E-state index contributed by atoms with van der Waals surface area (Å²) in [7, 11) is -3.22. The number of ether oxygens (including phenoxy) is 1. The zero-order chi connectivity index (χ0) is 13.7. The van der Waals surface area contributed by atoms with E-state index < -0.39 is 10.0 Å². The largest absolute Gasteiger partial charge is 0.497 e. The molecule has 0 radical (unpaired) electrons. The van der Waals surface area contributed by atoms with E-state index in [0.29, 0.717) is 5.69 Å². The minimum atomic E-state index is -3.22. The maximum absolute atomic E-state index is 11.1. The van der Waals surface area contributed by atoms with Crippen LogP contribution in [0.3, 0.4) is 0 Å². The number of sulfonamides is 1. The molecule has 0 amide bonds. The van der Waals surface area contributed by atoms with E-state index in [1.165, 1.54) is 0 Å². The molecule has 1 aliphatic heterocycles. The number of nitrogens with one attached hydrogen (secondary N) is 2. The summed E-state index contributed by atoms with van der Waals surface area (Å²) in [6.07, 6.45) is 7.14. The van der Waals surface area contributed by atoms with Gasteiger partial charge < -0.3 is 10.1 Å². The molecule has 1 aromatic carbocycles. The van der Waals surface area contributed by atoms with Gasteiger partial charge in [0.1, 0.15) is 6.10 Å². The molecule has 0 saturated carbocycles. The molecule has 0 unspecified atom stereocenters. The quantitative estimate of drug-likeness (QED) is 0.868. The van der Waals surface area contributed by atoms with E-state index in [2.05, 4.69) is 10.0 Å². The summed E-state index contributed by atoms with van der Waals surface area (Å²) in [5.41, 5.74) is 1.50. The third kappa shape index (κ3) is 4.82. The van der Waals surface area contributed by atoms with Gasteiger partial charge in [0.25, 0.3) is 0 Å². The average Bonchev–Trinajstić information content (AvgIpc) is 2.37. The fourth-order valence-corrected chi connectivity index (χ4v) is 2.40. The van der Waals surface area contributed by atoms with Crippen LogP contribution < -0.4 is 10.0 Å². The highest BCUT2D eigenvalue weighted by Crippen LogP contribution is 2.16. The maximum Gasteiger partial charge on any atom is 0.229 e. The van der Waals surface area contributed by atoms with Crippen LogP contribution in [-0.2, 0) is 14.8 Å². The third-order valence-corrected chi connectivity index (χ3v) is 3.35. The van der Waals surface area contributed by atoms with E-state index in [0.717, 1.165) is 31.3 Å². The predicted octanol–water partition coefficient (Wildman–Crippen LogP) is 2.16. The fourth-order valence-electron chi connectivity index (χ4n) is 1.84. The molecule has 2 rings (SSSR count). The molecule has 1 aromatic rings. The molecular formula is C13H18N2O3S. The Hall–Kier alpha value is -1.69. The van der Waals surface area contributed by atoms with Gasteiger partial charge in [-0.15, -0.1) is 0 Å². The smallest absolute Gasteiger partial charge is 0.229 e. The number of benzene rings is 1. The van der Waals surface area contributed by atoms with Crippen molar-refractivity contribution in [3.63, 3.8) is 0 Å². The second-order valence-corrected chi connectivity index (χ2v) is 6.29. The summed E-state index contributed by atoms with van der Waals surface area (Å²) in [4.78, 5) is 0. The highest BCUT2D eigenvalue weighted by molar-refractivity contribution is 7.92. The second-order valence-electron chi connectivity index (χ2n) is 4.54. The van der Waals surface area contributed by atoms with Crippen LogP contribution in [0.25, 0.3) is 0 Å². The van der Waals surface area contributed by atoms with Gasteiger partial charge in [0, 0.05) is 11.4 Å². The summed E-state index contributed by atoms with van der Waals surface area (Å²) in [6.45, 7) is 0.739. The number of hydrogen-bond donors (Lipinski definition) is 2. The molecule has 0 bridgehead atoms. The summed E-state index contributed by atoms with van der Waals surface area (Å²) < 4.78 is 30.0. The SMILES string of the molecule is CS(=O)(=O)Nc1ccc(NC[C@H]2CCC=CO2)cc1. The lowest BCUT2D eigenvalue weighted by Crippen LogP contribution is -2.22. The van der Waals surface area contributed by atoms with Crippen LogP contribution >= 0.6 is 0 Å². The Morgan fingerprint density at radius 2 is 1.95 bits per heavy atom. The molecule has 0 saturated heterocycles. The van der Waals surface area contributed by atoms with Crippen molar-refractivity contribution in [2.75, 3.05) is 22.8 Å². The van der Waals surface area contributed by atoms with Gasteiger partial charge in [-0.2, -0.15) is 0 Å². The van der Waals surface area contributed by atoms with Gasteiger partial charge in [0.2, 0.25) is 10.0 Å². The molecule has 104 valence electrons. The standard InChI is InChI=1S/C13H18N2O3S/c1-19(16,17)15-12-7-5-11(6-8-12)14-10-13-4-2-3-9-18-13/h3,5-9,13-15H,2,4,10H2,1H3/t13-/m1/s1. The lowest BCUT2D eigenvalue weighted by Gasteiger charge is -2.20. The van der Waals surface area contributed by atoms with Crippen LogP contribution in [0.4, 0.5) is 11.4 Å². The van der Waals surface area contributed by atoms with Crippen molar-refractivity contribution in [2.24, 2.45) is 0 Å². The number of allylic oxidation sites excluding steroid dienone is 1. The van der Waals surface area contributed by atoms with E-state index in [1.54, 1.807) is 18.4 Å². The molecule has 19 heavy (non-hydrogen) atoms. The zero-order valence-electron chi connectivity index (χ0n) is 10.8. The Morgan fingerprint density at radius 1 is 1.26 bits per heavy atom. The molecule has 0 aliphatic carbocycles. The summed E-state index contributed by atoms with van der Waals surface area (Å²) >= 11 is 0. The van der Waals surface area contributed by atoms with Gasteiger partial charge in [0.15, 0.2) is 0 Å². The Morgan fingerprint density at radius 3 is 2.53 bits per heavy atom. The lowest BCUT2D eigenvalue weighted by molar-refractivity contribution is 0.135. The van der Waals surface area contributed by atoms with Crippen LogP contribution in [0.15, 0.2) is 36.6 Å². The van der Waals surface area contributed by atoms with Gasteiger partial charge in [-0.1, -0.05) is 0 Å². The van der Waals surface area contributed by atoms with Crippen molar-refractivity contribution in [3.8, 4) is 0 Å². The fraction of sp³-hybridized carbons (Fsp3) is 0.385. The molecule has 1 aliphatic rings. The van der Waals surface area contributed by atoms with E-state index in [9.17, 15) is 8.42 Å². The first kappa shape index (κ1) is 13.7. The van der Waals surface area contributed by atoms with Crippen molar-refractivity contribution in [1.82, 2.24) is 0 Å². The van der Waals surface area contributed by atoms with Crippen molar-refractivity contribution in [1.29, 1.82) is 0 Å². The van der Waals surface area contributed by atoms with Crippen LogP contribution in [0.5, 0.6) is 0 Å². The average molecular weight is 282 g/mol. The van der Waals surface area contributed by atoms with Crippen LogP contribution in [0.2, 0.25) is 0 Å². The zero-order valence-corrected chi connectivity index (χ0v) is 11.6. The lowest BCUT2D eigenvalue weighted by atomic mass is 10.1. The predicted molar refractivity (Wildman–Crippen MR) is 76.6 cm³/mol. The summed E-state index contributed by atoms with van der Waals surface area (Å²) in [6, 6.07) is 7.13. The second kappa shape index (κ2) is 5.97. The molecule has 6 heteroatoms. The summed E-state index contributed by atoms with van der Waals surface area (Å²) in [5.74, 6) is 0. The number of anilines is 2. The van der Waals surface area contributed by atoms with E-state index >= 15 is 0 Å². The minimum Gasteiger partial charge on any atom is -0.497 e. The maximum atomic E-state index is 11.1. The number of hydrogen-bond acceptors (Lipinski definition) is 4. The van der Waals surface area contributed by atoms with Gasteiger partial charge in [-0.05, 0) is 43.2 Å². The molecule has 1 heterocycles. The molecule has 2 N–H and O–H groups in total. The number of rotatable bonds is 5. The molecule has 0 fully saturated rings. The first-order valence-electron chi connectivity index (χ1n) is 6.15. The van der Waals surface area contributed by atoms with Crippen molar-refractivity contribution >= 4 is 21.4 Å². The van der Waals surface area contributed by atoms with Crippen molar-refractivity contribution in [2.45, 2.75) is 18.9 Å². The van der Waals surface area contributed by atoms with Crippen LogP contribution in [-0.4, -0.2) is 27.3 Å². The first-order chi connectivity index (χ1) is 9.03. The molecular weight excluding hydrogens is 264 g/mol. The highest BCUT2D eigenvalue weighted by atomic mass is 32.2. The van der Waals surface area contributed by atoms with Crippen molar-refractivity contribution < 1.29 is 13.2 Å². The van der Waals surface area contributed by atoms with Gasteiger partial charge >= 0.3 is 0 Å². The Labute approximate surface area is 113 Å². The van der Waals surface area contributed by atoms with E-state index in [1.807, 2.05) is 18.2 Å². The van der Waals surface area contributed by atoms with Crippen molar-refractivity contribution in [3.05, 3.63) is 36.6 Å². The van der Waals surface area contributed by atoms with E-state index in [-0.39, 0.29) is 6.10 Å². The van der Waals surface area contributed by atoms with Crippen LogP contribution in [0, 0.1) is 0 Å². The highest BCUT2D eigenvalue weighted by Gasteiger charge is 2.10. The monoisotopic (exact) mass is 282 g/mol. The van der Waals surface area contributed by atoms with Gasteiger partial charge in [-0.25, -0.2) is 8.42 Å². The Bertz CT molecular complexity index is 538.